The zero-order chi connectivity index (χ0) is 15.1. The molecule has 1 heterocycles. The van der Waals surface area contributed by atoms with E-state index >= 15 is 0 Å². The molecule has 0 fully saturated rings. The normalized spacial score (nSPS) is 12.4. The summed E-state index contributed by atoms with van der Waals surface area (Å²) in [5, 5.41) is 7.29. The molecule has 0 saturated heterocycles. The maximum atomic E-state index is 12.3. The summed E-state index contributed by atoms with van der Waals surface area (Å²) in [6, 6.07) is 0. The molecule has 1 atom stereocenters. The van der Waals surface area contributed by atoms with Crippen molar-refractivity contribution in [1.29, 1.82) is 0 Å². The third kappa shape index (κ3) is 3.99. The number of anilines is 1. The van der Waals surface area contributed by atoms with E-state index in [0.717, 1.165) is 18.5 Å². The third-order valence-electron chi connectivity index (χ3n) is 3.78. The largest absolute Gasteiger partial charge is 0.395 e. The van der Waals surface area contributed by atoms with Crippen LogP contribution in [0.15, 0.2) is 0 Å². The van der Waals surface area contributed by atoms with Crippen LogP contribution in [0.4, 0.5) is 5.69 Å². The maximum absolute atomic E-state index is 12.3. The Morgan fingerprint density at radius 2 is 2.10 bits per heavy atom. The number of aryl methyl sites for hydroxylation is 2. The number of nitrogens with zero attached hydrogens (tertiary/aromatic N) is 2. The standard InChI is InChI=1S/C15H28N4O/c1-5-8-9-12(6-2)10-17-15(20)14-13(16)11(4)18-19(14)7-3/h12H,5-10,16H2,1-4H3,(H,17,20). The van der Waals surface area contributed by atoms with E-state index in [1.807, 2.05) is 13.8 Å². The van der Waals surface area contributed by atoms with Gasteiger partial charge in [0.05, 0.1) is 11.4 Å². The Labute approximate surface area is 121 Å². The Hall–Kier alpha value is -1.52. The van der Waals surface area contributed by atoms with E-state index in [-0.39, 0.29) is 5.91 Å². The molecule has 5 heteroatoms. The van der Waals surface area contributed by atoms with E-state index in [1.165, 1.54) is 12.8 Å². The predicted molar refractivity (Wildman–Crippen MR) is 82.7 cm³/mol. The second kappa shape index (κ2) is 7.92. The smallest absolute Gasteiger partial charge is 0.271 e. The number of rotatable bonds is 8. The van der Waals surface area contributed by atoms with Gasteiger partial charge >= 0.3 is 0 Å². The topological polar surface area (TPSA) is 72.9 Å². The van der Waals surface area contributed by atoms with Crippen molar-refractivity contribution < 1.29 is 4.79 Å². The van der Waals surface area contributed by atoms with Crippen LogP contribution in [0.5, 0.6) is 0 Å². The van der Waals surface area contributed by atoms with Crippen LogP contribution in [0.3, 0.4) is 0 Å². The fourth-order valence-electron chi connectivity index (χ4n) is 2.33. The van der Waals surface area contributed by atoms with E-state index in [9.17, 15) is 4.79 Å². The predicted octanol–water partition coefficient (Wildman–Crippen LogP) is 2.74. The molecule has 0 bridgehead atoms. The van der Waals surface area contributed by atoms with Crippen molar-refractivity contribution >= 4 is 11.6 Å². The van der Waals surface area contributed by atoms with Crippen LogP contribution in [-0.2, 0) is 6.54 Å². The second-order valence-corrected chi connectivity index (χ2v) is 5.29. The molecule has 0 aromatic carbocycles. The van der Waals surface area contributed by atoms with Gasteiger partial charge in [-0.15, -0.1) is 0 Å². The summed E-state index contributed by atoms with van der Waals surface area (Å²) in [6.45, 7) is 9.50. The van der Waals surface area contributed by atoms with Crippen LogP contribution in [0, 0.1) is 12.8 Å². The molecule has 1 aromatic rings. The van der Waals surface area contributed by atoms with E-state index in [1.54, 1.807) is 4.68 Å². The highest BCUT2D eigenvalue weighted by atomic mass is 16.2. The number of nitrogens with two attached hydrogens (primary N) is 1. The molecule has 0 aliphatic rings. The van der Waals surface area contributed by atoms with Crippen molar-refractivity contribution in [3.05, 3.63) is 11.4 Å². The minimum atomic E-state index is -0.111. The van der Waals surface area contributed by atoms with Crippen LogP contribution in [0.2, 0.25) is 0 Å². The summed E-state index contributed by atoms with van der Waals surface area (Å²) in [4.78, 5) is 12.3. The number of carbonyl (C=O) groups is 1. The number of nitrogens with one attached hydrogen (secondary N) is 1. The summed E-state index contributed by atoms with van der Waals surface area (Å²) in [6.07, 6.45) is 4.65. The highest BCUT2D eigenvalue weighted by Crippen LogP contribution is 2.17. The van der Waals surface area contributed by atoms with Crippen molar-refractivity contribution in [2.45, 2.75) is 59.9 Å². The van der Waals surface area contributed by atoms with Gasteiger partial charge < -0.3 is 11.1 Å². The van der Waals surface area contributed by atoms with Gasteiger partial charge in [-0.2, -0.15) is 5.10 Å². The zero-order valence-corrected chi connectivity index (χ0v) is 13.2. The first kappa shape index (κ1) is 16.5. The fraction of sp³-hybridized carbons (Fsp3) is 0.733. The SMILES string of the molecule is CCCCC(CC)CNC(=O)c1c(N)c(C)nn1CC. The van der Waals surface area contributed by atoms with Crippen LogP contribution < -0.4 is 11.1 Å². The van der Waals surface area contributed by atoms with E-state index in [4.69, 9.17) is 5.73 Å². The van der Waals surface area contributed by atoms with Gasteiger partial charge in [-0.25, -0.2) is 0 Å². The van der Waals surface area contributed by atoms with Crippen molar-refractivity contribution in [2.75, 3.05) is 12.3 Å². The van der Waals surface area contributed by atoms with Gasteiger partial charge in [0, 0.05) is 13.1 Å². The number of amides is 1. The van der Waals surface area contributed by atoms with Gasteiger partial charge in [0.15, 0.2) is 0 Å². The van der Waals surface area contributed by atoms with Crippen LogP contribution in [0.1, 0.15) is 62.6 Å². The monoisotopic (exact) mass is 280 g/mol. The van der Waals surface area contributed by atoms with Gasteiger partial charge in [0.1, 0.15) is 5.69 Å². The van der Waals surface area contributed by atoms with Crippen LogP contribution in [0.25, 0.3) is 0 Å². The molecule has 5 nitrogen and oxygen atoms in total. The number of aromatic nitrogens is 2. The highest BCUT2D eigenvalue weighted by molar-refractivity contribution is 5.97. The minimum absolute atomic E-state index is 0.111. The van der Waals surface area contributed by atoms with Gasteiger partial charge in [-0.3, -0.25) is 9.48 Å². The molecule has 0 aliphatic carbocycles. The molecule has 114 valence electrons. The van der Waals surface area contributed by atoms with Gasteiger partial charge in [0.25, 0.3) is 5.91 Å². The maximum Gasteiger partial charge on any atom is 0.271 e. The van der Waals surface area contributed by atoms with Crippen LogP contribution in [-0.4, -0.2) is 22.2 Å². The molecule has 3 N–H and O–H groups in total. The molecule has 1 amide bonds. The minimum Gasteiger partial charge on any atom is -0.395 e. The number of unbranched alkanes of at least 4 members (excludes halogenated alkanes) is 1. The van der Waals surface area contributed by atoms with Crippen molar-refractivity contribution in [2.24, 2.45) is 5.92 Å². The molecule has 1 aromatic heterocycles. The average molecular weight is 280 g/mol. The summed E-state index contributed by atoms with van der Waals surface area (Å²) < 4.78 is 1.67. The Bertz CT molecular complexity index is 439. The lowest BCUT2D eigenvalue weighted by Gasteiger charge is -2.15. The summed E-state index contributed by atoms with van der Waals surface area (Å²) >= 11 is 0. The second-order valence-electron chi connectivity index (χ2n) is 5.29. The number of nitrogen functional groups attached to an aromatic ring is 1. The molecule has 0 saturated carbocycles. The van der Waals surface area contributed by atoms with E-state index in [2.05, 4.69) is 24.3 Å². The number of hydrogen-bond acceptors (Lipinski definition) is 3. The van der Waals surface area contributed by atoms with Crippen molar-refractivity contribution in [3.8, 4) is 0 Å². The summed E-state index contributed by atoms with van der Waals surface area (Å²) in [5.74, 6) is 0.430. The van der Waals surface area contributed by atoms with Gasteiger partial charge in [-0.1, -0.05) is 33.1 Å². The first-order valence-electron chi connectivity index (χ1n) is 7.66. The number of carbonyl (C=O) groups excluding carboxylic acids is 1. The molecule has 20 heavy (non-hydrogen) atoms. The first-order chi connectivity index (χ1) is 9.54. The molecular weight excluding hydrogens is 252 g/mol. The Balaban J connectivity index is 2.67. The lowest BCUT2D eigenvalue weighted by Crippen LogP contribution is -2.31. The number of hydrogen-bond donors (Lipinski definition) is 2. The molecule has 0 aliphatic heterocycles. The highest BCUT2D eigenvalue weighted by Gasteiger charge is 2.19. The summed E-state index contributed by atoms with van der Waals surface area (Å²) in [5.41, 5.74) is 7.66. The average Bonchev–Trinajstić information content (AvgIpc) is 2.74. The summed E-state index contributed by atoms with van der Waals surface area (Å²) in [7, 11) is 0. The molecule has 1 unspecified atom stereocenters. The zero-order valence-electron chi connectivity index (χ0n) is 13.2. The van der Waals surface area contributed by atoms with Gasteiger partial charge in [-0.05, 0) is 26.2 Å². The molecule has 0 spiro atoms. The first-order valence-corrected chi connectivity index (χ1v) is 7.66. The Morgan fingerprint density at radius 1 is 1.40 bits per heavy atom. The van der Waals surface area contributed by atoms with E-state index < -0.39 is 0 Å². The van der Waals surface area contributed by atoms with Crippen molar-refractivity contribution in [1.82, 2.24) is 15.1 Å². The van der Waals surface area contributed by atoms with E-state index in [0.29, 0.717) is 30.4 Å². The van der Waals surface area contributed by atoms with Crippen molar-refractivity contribution in [3.63, 3.8) is 0 Å². The lowest BCUT2D eigenvalue weighted by atomic mass is 9.99. The fourth-order valence-corrected chi connectivity index (χ4v) is 2.33. The lowest BCUT2D eigenvalue weighted by molar-refractivity contribution is 0.0936. The molecule has 1 rings (SSSR count). The quantitative estimate of drug-likeness (QED) is 0.769. The van der Waals surface area contributed by atoms with Crippen LogP contribution >= 0.6 is 0 Å². The Morgan fingerprint density at radius 3 is 2.65 bits per heavy atom. The third-order valence-corrected chi connectivity index (χ3v) is 3.78. The van der Waals surface area contributed by atoms with Gasteiger partial charge in [0.2, 0.25) is 0 Å². The molecular formula is C15H28N4O. The molecule has 0 radical (unpaired) electrons. The Kier molecular flexibility index (Phi) is 6.55.